The lowest BCUT2D eigenvalue weighted by atomic mass is 10.2. The van der Waals surface area contributed by atoms with Gasteiger partial charge in [0, 0.05) is 17.8 Å². The van der Waals surface area contributed by atoms with Crippen LogP contribution in [-0.2, 0) is 24.3 Å². The number of aryl methyl sites for hydroxylation is 2. The lowest BCUT2D eigenvalue weighted by Gasteiger charge is -2.06. The number of carbonyl (C=O) groups is 1. The normalized spacial score (nSPS) is 10.8. The topological polar surface area (TPSA) is 72.7 Å². The highest BCUT2D eigenvalue weighted by Gasteiger charge is 2.10. The van der Waals surface area contributed by atoms with Crippen molar-refractivity contribution in [2.24, 2.45) is 0 Å². The molecular weight excluding hydrogens is 361 g/mol. The summed E-state index contributed by atoms with van der Waals surface area (Å²) in [6.07, 6.45) is 0.854. The first kappa shape index (κ1) is 17.6. The van der Waals surface area contributed by atoms with E-state index in [0.29, 0.717) is 18.2 Å². The molecular formula is C16H16FN5OS2. The molecule has 0 fully saturated rings. The molecule has 1 amide bonds. The molecule has 0 aliphatic carbocycles. The van der Waals surface area contributed by atoms with Crippen LogP contribution in [-0.4, -0.2) is 31.9 Å². The number of tetrazole rings is 1. The predicted octanol–water partition coefficient (Wildman–Crippen LogP) is 2.52. The molecule has 130 valence electrons. The molecule has 0 aliphatic heterocycles. The van der Waals surface area contributed by atoms with Crippen LogP contribution >= 0.6 is 23.1 Å². The van der Waals surface area contributed by atoms with Crippen LogP contribution in [0.4, 0.5) is 4.39 Å². The Hall–Kier alpha value is -2.26. The largest absolute Gasteiger partial charge is 0.351 e. The molecule has 0 atom stereocenters. The maximum absolute atomic E-state index is 12.8. The first-order chi connectivity index (χ1) is 12.2. The Balaban J connectivity index is 1.44. The van der Waals surface area contributed by atoms with Crippen molar-refractivity contribution in [3.8, 4) is 0 Å². The van der Waals surface area contributed by atoms with Crippen LogP contribution in [0.1, 0.15) is 10.4 Å². The van der Waals surface area contributed by atoms with Gasteiger partial charge < -0.3 is 5.32 Å². The first-order valence-electron chi connectivity index (χ1n) is 7.63. The van der Waals surface area contributed by atoms with E-state index in [-0.39, 0.29) is 17.5 Å². The Morgan fingerprint density at radius 1 is 1.28 bits per heavy atom. The number of benzene rings is 1. The van der Waals surface area contributed by atoms with Crippen LogP contribution in [0.5, 0.6) is 0 Å². The van der Waals surface area contributed by atoms with Gasteiger partial charge in [-0.2, -0.15) is 0 Å². The maximum atomic E-state index is 12.8. The van der Waals surface area contributed by atoms with Crippen LogP contribution in [0.15, 0.2) is 46.9 Å². The van der Waals surface area contributed by atoms with Crippen molar-refractivity contribution < 1.29 is 9.18 Å². The molecule has 0 bridgehead atoms. The van der Waals surface area contributed by atoms with Crippen LogP contribution in [0.3, 0.4) is 0 Å². The minimum absolute atomic E-state index is 0.123. The van der Waals surface area contributed by atoms with Gasteiger partial charge >= 0.3 is 0 Å². The van der Waals surface area contributed by atoms with Gasteiger partial charge in [-0.1, -0.05) is 30.0 Å². The quantitative estimate of drug-likeness (QED) is 0.611. The van der Waals surface area contributed by atoms with Gasteiger partial charge in [-0.25, -0.2) is 9.07 Å². The van der Waals surface area contributed by atoms with E-state index in [1.165, 1.54) is 28.8 Å². The van der Waals surface area contributed by atoms with Crippen molar-refractivity contribution in [1.29, 1.82) is 0 Å². The van der Waals surface area contributed by atoms with E-state index in [1.54, 1.807) is 28.2 Å². The number of rotatable bonds is 8. The van der Waals surface area contributed by atoms with Gasteiger partial charge in [0.1, 0.15) is 5.82 Å². The summed E-state index contributed by atoms with van der Waals surface area (Å²) in [6.45, 7) is 1.04. The summed E-state index contributed by atoms with van der Waals surface area (Å²) in [7, 11) is 0. The molecule has 0 spiro atoms. The second-order valence-electron chi connectivity index (χ2n) is 5.21. The second kappa shape index (κ2) is 8.72. The zero-order chi connectivity index (χ0) is 17.5. The summed E-state index contributed by atoms with van der Waals surface area (Å²) in [5.41, 5.74) is 0.848. The number of thiophene rings is 1. The highest BCUT2D eigenvalue weighted by molar-refractivity contribution is 7.99. The fourth-order valence-electron chi connectivity index (χ4n) is 2.10. The molecule has 0 saturated heterocycles. The van der Waals surface area contributed by atoms with E-state index in [4.69, 9.17) is 0 Å². The van der Waals surface area contributed by atoms with Gasteiger partial charge in [0.05, 0.1) is 12.3 Å². The molecule has 2 aromatic heterocycles. The lowest BCUT2D eigenvalue weighted by Crippen LogP contribution is -2.24. The summed E-state index contributed by atoms with van der Waals surface area (Å²) >= 11 is 2.99. The van der Waals surface area contributed by atoms with Gasteiger partial charge in [-0.3, -0.25) is 4.79 Å². The van der Waals surface area contributed by atoms with E-state index >= 15 is 0 Å². The molecule has 1 aromatic carbocycles. The fourth-order valence-corrected chi connectivity index (χ4v) is 3.53. The molecule has 3 aromatic rings. The second-order valence-corrected chi connectivity index (χ2v) is 7.18. The minimum atomic E-state index is -0.292. The average molecular weight is 377 g/mol. The third kappa shape index (κ3) is 5.36. The SMILES string of the molecule is O=C(CSc1nnnn1CCc1cccs1)NCc1ccc(F)cc1. The number of nitrogens with one attached hydrogen (secondary N) is 1. The Morgan fingerprint density at radius 3 is 2.88 bits per heavy atom. The molecule has 1 N–H and O–H groups in total. The number of carbonyl (C=O) groups excluding carboxylic acids is 1. The number of amides is 1. The summed E-state index contributed by atoms with van der Waals surface area (Å²) in [6, 6.07) is 10.1. The molecule has 3 rings (SSSR count). The molecule has 25 heavy (non-hydrogen) atoms. The minimum Gasteiger partial charge on any atom is -0.351 e. The number of halogens is 1. The number of hydrogen-bond acceptors (Lipinski definition) is 6. The lowest BCUT2D eigenvalue weighted by molar-refractivity contribution is -0.118. The zero-order valence-corrected chi connectivity index (χ0v) is 14.9. The number of hydrogen-bond donors (Lipinski definition) is 1. The summed E-state index contributed by atoms with van der Waals surface area (Å²) in [4.78, 5) is 13.2. The number of nitrogens with zero attached hydrogens (tertiary/aromatic N) is 4. The van der Waals surface area contributed by atoms with E-state index in [2.05, 4.69) is 26.9 Å². The molecule has 0 unspecified atom stereocenters. The van der Waals surface area contributed by atoms with Crippen LogP contribution in [0.2, 0.25) is 0 Å². The van der Waals surface area contributed by atoms with Crippen molar-refractivity contribution in [3.63, 3.8) is 0 Å². The number of aromatic nitrogens is 4. The van der Waals surface area contributed by atoms with Gasteiger partial charge in [-0.15, -0.1) is 16.4 Å². The predicted molar refractivity (Wildman–Crippen MR) is 94.8 cm³/mol. The van der Waals surface area contributed by atoms with Gasteiger partial charge in [0.2, 0.25) is 11.1 Å². The number of thioether (sulfide) groups is 1. The molecule has 6 nitrogen and oxygen atoms in total. The van der Waals surface area contributed by atoms with E-state index in [9.17, 15) is 9.18 Å². The standard InChI is InChI=1S/C16H16FN5OS2/c17-13-5-3-12(4-6-13)10-18-15(23)11-25-16-19-20-21-22(16)8-7-14-2-1-9-24-14/h1-6,9H,7-8,10-11H2,(H,18,23). The Morgan fingerprint density at radius 2 is 2.12 bits per heavy atom. The Labute approximate surface area is 152 Å². The van der Waals surface area contributed by atoms with Gasteiger partial charge in [-0.05, 0) is 39.6 Å². The summed E-state index contributed by atoms with van der Waals surface area (Å²) in [5, 5.41) is 17.1. The van der Waals surface area contributed by atoms with Crippen LogP contribution in [0, 0.1) is 5.82 Å². The molecule has 2 heterocycles. The summed E-state index contributed by atoms with van der Waals surface area (Å²) < 4.78 is 14.5. The monoisotopic (exact) mass is 377 g/mol. The maximum Gasteiger partial charge on any atom is 0.230 e. The van der Waals surface area contributed by atoms with Crippen molar-refractivity contribution in [2.75, 3.05) is 5.75 Å². The third-order valence-electron chi connectivity index (χ3n) is 3.38. The van der Waals surface area contributed by atoms with E-state index in [0.717, 1.165) is 12.0 Å². The van der Waals surface area contributed by atoms with Crippen LogP contribution in [0.25, 0.3) is 0 Å². The smallest absolute Gasteiger partial charge is 0.230 e. The van der Waals surface area contributed by atoms with Gasteiger partial charge in [0.15, 0.2) is 0 Å². The summed E-state index contributed by atoms with van der Waals surface area (Å²) in [5.74, 6) is -0.192. The zero-order valence-electron chi connectivity index (χ0n) is 13.3. The molecule has 0 radical (unpaired) electrons. The Bertz CT molecular complexity index is 804. The molecule has 0 saturated carbocycles. The third-order valence-corrected chi connectivity index (χ3v) is 5.28. The Kier molecular flexibility index (Phi) is 6.13. The fraction of sp³-hybridized carbons (Fsp3) is 0.250. The van der Waals surface area contributed by atoms with Gasteiger partial charge in [0.25, 0.3) is 0 Å². The highest BCUT2D eigenvalue weighted by Crippen LogP contribution is 2.15. The van der Waals surface area contributed by atoms with Crippen molar-refractivity contribution in [1.82, 2.24) is 25.5 Å². The van der Waals surface area contributed by atoms with Crippen LogP contribution < -0.4 is 5.32 Å². The molecule has 9 heteroatoms. The average Bonchev–Trinajstić information content (AvgIpc) is 3.29. The van der Waals surface area contributed by atoms with E-state index < -0.39 is 0 Å². The van der Waals surface area contributed by atoms with E-state index in [1.807, 2.05) is 11.4 Å². The molecule has 0 aliphatic rings. The highest BCUT2D eigenvalue weighted by atomic mass is 32.2. The van der Waals surface area contributed by atoms with Crippen molar-refractivity contribution in [2.45, 2.75) is 24.7 Å². The first-order valence-corrected chi connectivity index (χ1v) is 9.50. The van der Waals surface area contributed by atoms with Crippen molar-refractivity contribution in [3.05, 3.63) is 58.0 Å². The van der Waals surface area contributed by atoms with Crippen molar-refractivity contribution >= 4 is 29.0 Å².